The van der Waals surface area contributed by atoms with E-state index in [1.807, 2.05) is 43.5 Å². The molecular formula is C35H31BrN4O7S. The molecule has 246 valence electrons. The Morgan fingerprint density at radius 1 is 1.10 bits per heavy atom. The predicted octanol–water partition coefficient (Wildman–Crippen LogP) is 5.88. The fourth-order valence-corrected chi connectivity index (χ4v) is 7.43. The van der Waals surface area contributed by atoms with Gasteiger partial charge in [-0.25, -0.2) is 9.79 Å². The van der Waals surface area contributed by atoms with Crippen LogP contribution in [0.3, 0.4) is 0 Å². The van der Waals surface area contributed by atoms with Gasteiger partial charge in [-0.1, -0.05) is 57.6 Å². The van der Waals surface area contributed by atoms with Gasteiger partial charge in [0.05, 0.1) is 47.1 Å². The van der Waals surface area contributed by atoms with Crippen LogP contribution < -0.4 is 24.4 Å². The second-order valence-corrected chi connectivity index (χ2v) is 12.8. The van der Waals surface area contributed by atoms with E-state index >= 15 is 0 Å². The fraction of sp³-hybridized carbons (Fsp3) is 0.229. The number of halogens is 1. The number of para-hydroxylation sites is 1. The molecule has 0 saturated carbocycles. The number of esters is 1. The predicted molar refractivity (Wildman–Crippen MR) is 186 cm³/mol. The third kappa shape index (κ3) is 6.06. The number of hydrogen-bond donors (Lipinski definition) is 0. The summed E-state index contributed by atoms with van der Waals surface area (Å²) < 4.78 is 21.5. The van der Waals surface area contributed by atoms with Crippen molar-refractivity contribution in [2.45, 2.75) is 33.4 Å². The maximum absolute atomic E-state index is 14.4. The Hall–Kier alpha value is -5.01. The monoisotopic (exact) mass is 730 g/mol. The molecule has 48 heavy (non-hydrogen) atoms. The minimum absolute atomic E-state index is 0.0301. The quantitative estimate of drug-likeness (QED) is 0.0998. The van der Waals surface area contributed by atoms with Gasteiger partial charge in [0.1, 0.15) is 0 Å². The highest BCUT2D eigenvalue weighted by Crippen LogP contribution is 2.41. The number of nitro benzene ring substituents is 1. The van der Waals surface area contributed by atoms with Gasteiger partial charge in [0.15, 0.2) is 16.3 Å². The lowest BCUT2D eigenvalue weighted by Crippen LogP contribution is -2.40. The van der Waals surface area contributed by atoms with Crippen LogP contribution in [0.5, 0.6) is 11.5 Å². The van der Waals surface area contributed by atoms with E-state index in [9.17, 15) is 19.7 Å². The summed E-state index contributed by atoms with van der Waals surface area (Å²) in [7, 11) is 1.53. The molecule has 0 saturated heterocycles. The summed E-state index contributed by atoms with van der Waals surface area (Å²) in [6, 6.07) is 17.0. The SMILES string of the molecule is CCOC(=O)C1=C(C)N=c2s/c(=C/c3cn(Cc4ccc([N+](=O)[O-])cc4)c4ccccc34)c(=O)n2[C@H]1c1cc(OC)c(OCC)cc1Br. The average molecular weight is 732 g/mol. The van der Waals surface area contributed by atoms with E-state index in [0.717, 1.165) is 22.0 Å². The van der Waals surface area contributed by atoms with Crippen molar-refractivity contribution in [2.24, 2.45) is 4.99 Å². The van der Waals surface area contributed by atoms with Gasteiger partial charge in [0, 0.05) is 45.8 Å². The Labute approximate surface area is 287 Å². The molecule has 6 rings (SSSR count). The van der Waals surface area contributed by atoms with Gasteiger partial charge in [-0.3, -0.25) is 19.5 Å². The van der Waals surface area contributed by atoms with E-state index in [0.29, 0.717) is 49.7 Å². The number of aromatic nitrogens is 2. The molecule has 3 heterocycles. The van der Waals surface area contributed by atoms with Gasteiger partial charge in [-0.05, 0) is 56.2 Å². The second-order valence-electron chi connectivity index (χ2n) is 10.9. The van der Waals surface area contributed by atoms with E-state index in [1.165, 1.54) is 35.1 Å². The number of allylic oxidation sites excluding steroid dienone is 1. The number of nitro groups is 1. The zero-order valence-corrected chi connectivity index (χ0v) is 29.0. The van der Waals surface area contributed by atoms with Crippen LogP contribution in [0, 0.1) is 10.1 Å². The molecule has 2 aromatic heterocycles. The van der Waals surface area contributed by atoms with E-state index in [-0.39, 0.29) is 23.4 Å². The van der Waals surface area contributed by atoms with Crippen molar-refractivity contribution >= 4 is 55.9 Å². The highest BCUT2D eigenvalue weighted by molar-refractivity contribution is 9.10. The Balaban J connectivity index is 1.51. The molecule has 0 N–H and O–H groups in total. The second kappa shape index (κ2) is 13.6. The van der Waals surface area contributed by atoms with Crippen molar-refractivity contribution in [1.29, 1.82) is 0 Å². The Morgan fingerprint density at radius 3 is 2.54 bits per heavy atom. The van der Waals surface area contributed by atoms with Crippen LogP contribution in [0.25, 0.3) is 17.0 Å². The highest BCUT2D eigenvalue weighted by atomic mass is 79.9. The van der Waals surface area contributed by atoms with Crippen LogP contribution in [-0.2, 0) is 16.1 Å². The number of carbonyl (C=O) groups is 1. The zero-order chi connectivity index (χ0) is 34.1. The molecule has 1 atom stereocenters. The first-order valence-electron chi connectivity index (χ1n) is 15.2. The Morgan fingerprint density at radius 2 is 1.85 bits per heavy atom. The molecule has 5 aromatic rings. The minimum atomic E-state index is -0.857. The molecule has 13 heteroatoms. The standard InChI is InChI=1S/C35H31BrN4O7S/c1-5-46-29-17-26(36)25(16-28(29)45-4)32-31(34(42)47-6-2)20(3)37-35-39(32)33(41)30(48-35)15-22-19-38(27-10-8-7-9-24(22)27)18-21-11-13-23(14-12-21)40(43)44/h7-17,19,32H,5-6,18H2,1-4H3/b30-15+/t32-/m0/s1. The summed E-state index contributed by atoms with van der Waals surface area (Å²) in [5.41, 5.74) is 3.68. The number of methoxy groups -OCH3 is 1. The average Bonchev–Trinajstić information content (AvgIpc) is 3.57. The van der Waals surface area contributed by atoms with E-state index in [4.69, 9.17) is 19.2 Å². The van der Waals surface area contributed by atoms with E-state index in [1.54, 1.807) is 38.1 Å². The van der Waals surface area contributed by atoms with Crippen molar-refractivity contribution in [3.63, 3.8) is 0 Å². The van der Waals surface area contributed by atoms with E-state index in [2.05, 4.69) is 20.5 Å². The normalized spacial score (nSPS) is 14.5. The molecule has 0 amide bonds. The van der Waals surface area contributed by atoms with Crippen molar-refractivity contribution in [3.8, 4) is 11.5 Å². The third-order valence-corrected chi connectivity index (χ3v) is 9.67. The number of non-ortho nitro benzene ring substituents is 1. The van der Waals surface area contributed by atoms with Crippen LogP contribution in [0.4, 0.5) is 5.69 Å². The van der Waals surface area contributed by atoms with Crippen LogP contribution >= 0.6 is 27.3 Å². The first-order chi connectivity index (χ1) is 23.1. The van der Waals surface area contributed by atoms with Gasteiger partial charge >= 0.3 is 5.97 Å². The first kappa shape index (κ1) is 32.9. The lowest BCUT2D eigenvalue weighted by molar-refractivity contribution is -0.384. The lowest BCUT2D eigenvalue weighted by atomic mass is 9.95. The first-order valence-corrected chi connectivity index (χ1v) is 16.8. The maximum Gasteiger partial charge on any atom is 0.338 e. The summed E-state index contributed by atoms with van der Waals surface area (Å²) in [6.07, 6.45) is 3.80. The van der Waals surface area contributed by atoms with E-state index < -0.39 is 16.9 Å². The Bertz CT molecular complexity index is 2290. The van der Waals surface area contributed by atoms with Crippen LogP contribution in [-0.4, -0.2) is 40.4 Å². The number of nitrogens with zero attached hydrogens (tertiary/aromatic N) is 4. The number of ether oxygens (including phenoxy) is 3. The smallest absolute Gasteiger partial charge is 0.338 e. The molecule has 1 aliphatic heterocycles. The van der Waals surface area contributed by atoms with Gasteiger partial charge in [-0.15, -0.1) is 0 Å². The number of rotatable bonds is 10. The summed E-state index contributed by atoms with van der Waals surface area (Å²) >= 11 is 4.90. The maximum atomic E-state index is 14.4. The molecule has 0 radical (unpaired) electrons. The largest absolute Gasteiger partial charge is 0.493 e. The van der Waals surface area contributed by atoms with Crippen LogP contribution in [0.2, 0.25) is 0 Å². The molecule has 1 aliphatic rings. The molecule has 0 bridgehead atoms. The number of thiazole rings is 1. The van der Waals surface area contributed by atoms with Crippen molar-refractivity contribution in [1.82, 2.24) is 9.13 Å². The van der Waals surface area contributed by atoms with Crippen molar-refractivity contribution in [3.05, 3.63) is 129 Å². The summed E-state index contributed by atoms with van der Waals surface area (Å²) in [4.78, 5) is 43.7. The topological polar surface area (TPSA) is 127 Å². The number of fused-ring (bicyclic) bond motifs is 2. The third-order valence-electron chi connectivity index (χ3n) is 8.00. The summed E-state index contributed by atoms with van der Waals surface area (Å²) in [5, 5.41) is 12.1. The van der Waals surface area contributed by atoms with Gasteiger partial charge in [-0.2, -0.15) is 0 Å². The van der Waals surface area contributed by atoms with Gasteiger partial charge < -0.3 is 18.8 Å². The molecule has 11 nitrogen and oxygen atoms in total. The molecular weight excluding hydrogens is 700 g/mol. The van der Waals surface area contributed by atoms with Crippen molar-refractivity contribution < 1.29 is 23.9 Å². The summed E-state index contributed by atoms with van der Waals surface area (Å²) in [6.45, 7) is 6.40. The number of benzene rings is 3. The minimum Gasteiger partial charge on any atom is -0.493 e. The van der Waals surface area contributed by atoms with Gasteiger partial charge in [0.2, 0.25) is 0 Å². The van der Waals surface area contributed by atoms with Crippen LogP contribution in [0.1, 0.15) is 43.5 Å². The highest BCUT2D eigenvalue weighted by Gasteiger charge is 2.35. The zero-order valence-electron chi connectivity index (χ0n) is 26.6. The number of hydrogen-bond acceptors (Lipinski definition) is 9. The van der Waals surface area contributed by atoms with Crippen LogP contribution in [0.15, 0.2) is 92.4 Å². The summed E-state index contributed by atoms with van der Waals surface area (Å²) in [5.74, 6) is 0.412. The van der Waals surface area contributed by atoms with Gasteiger partial charge in [0.25, 0.3) is 11.2 Å². The lowest BCUT2D eigenvalue weighted by Gasteiger charge is -2.26. The van der Waals surface area contributed by atoms with Crippen molar-refractivity contribution in [2.75, 3.05) is 20.3 Å². The molecule has 0 fully saturated rings. The number of carbonyl (C=O) groups excluding carboxylic acids is 1. The molecule has 0 spiro atoms. The fourth-order valence-electron chi connectivity index (χ4n) is 5.86. The molecule has 0 unspecified atom stereocenters. The molecule has 3 aromatic carbocycles. The molecule has 0 aliphatic carbocycles. The Kier molecular flexibility index (Phi) is 9.33.